The third-order valence-electron chi connectivity index (χ3n) is 3.76. The van der Waals surface area contributed by atoms with Crippen molar-refractivity contribution in [1.29, 1.82) is 0 Å². The molecule has 0 aliphatic rings. The summed E-state index contributed by atoms with van der Waals surface area (Å²) in [5.41, 5.74) is 1.26. The van der Waals surface area contributed by atoms with Crippen molar-refractivity contribution < 1.29 is 9.53 Å². The van der Waals surface area contributed by atoms with E-state index in [1.165, 1.54) is 5.56 Å². The van der Waals surface area contributed by atoms with Crippen LogP contribution in [0, 0.1) is 3.57 Å². The Morgan fingerprint density at radius 2 is 1.79 bits per heavy atom. The molecule has 0 aliphatic heterocycles. The number of hydrogen-bond donors (Lipinski definition) is 1. The molecule has 1 unspecified atom stereocenters. The zero-order chi connectivity index (χ0) is 17.4. The summed E-state index contributed by atoms with van der Waals surface area (Å²) in [5, 5.41) is 2.96. The van der Waals surface area contributed by atoms with Crippen molar-refractivity contribution in [3.8, 4) is 5.75 Å². The number of ether oxygens (including phenoxy) is 1. The highest BCUT2D eigenvalue weighted by atomic mass is 127. The molecule has 0 heterocycles. The maximum Gasteiger partial charge on any atom is 0.257 e. The van der Waals surface area contributed by atoms with Crippen LogP contribution in [0.15, 0.2) is 54.6 Å². The number of nitrogens with one attached hydrogen (secondary N) is 1. The molecule has 0 bridgehead atoms. The van der Waals surface area contributed by atoms with Crippen LogP contribution in [0.3, 0.4) is 0 Å². The fourth-order valence-electron chi connectivity index (χ4n) is 2.29. The lowest BCUT2D eigenvalue weighted by molar-refractivity contribution is -0.123. The van der Waals surface area contributed by atoms with Gasteiger partial charge in [-0.25, -0.2) is 0 Å². The molecule has 0 aliphatic carbocycles. The number of rotatable bonds is 8. The molecule has 1 amide bonds. The number of carbonyl (C=O) groups is 1. The van der Waals surface area contributed by atoms with Gasteiger partial charge in [0.1, 0.15) is 5.75 Å². The molecular formula is C19H23IN2O2. The number of halogens is 1. The number of hydrogen-bond acceptors (Lipinski definition) is 3. The zero-order valence-corrected chi connectivity index (χ0v) is 16.2. The maximum atomic E-state index is 12.0. The van der Waals surface area contributed by atoms with Crippen molar-refractivity contribution in [3.63, 3.8) is 0 Å². The minimum Gasteiger partial charge on any atom is -0.484 e. The molecule has 2 aromatic carbocycles. The second-order valence-corrected chi connectivity index (χ2v) is 7.10. The van der Waals surface area contributed by atoms with Crippen molar-refractivity contribution in [2.24, 2.45) is 0 Å². The Labute approximate surface area is 157 Å². The summed E-state index contributed by atoms with van der Waals surface area (Å²) in [4.78, 5) is 14.1. The Morgan fingerprint density at radius 1 is 1.12 bits per heavy atom. The van der Waals surface area contributed by atoms with Gasteiger partial charge in [-0.05, 0) is 72.9 Å². The molecule has 0 fully saturated rings. The third kappa shape index (κ3) is 6.49. The normalized spacial score (nSPS) is 12.0. The molecule has 0 saturated heterocycles. The zero-order valence-electron chi connectivity index (χ0n) is 14.0. The van der Waals surface area contributed by atoms with Crippen LogP contribution in [0.5, 0.6) is 5.75 Å². The minimum atomic E-state index is -0.103. The predicted octanol–water partition coefficient (Wildman–Crippen LogP) is 2.96. The lowest BCUT2D eigenvalue weighted by Gasteiger charge is -2.24. The topological polar surface area (TPSA) is 41.6 Å². The highest BCUT2D eigenvalue weighted by Gasteiger charge is 2.14. The number of likely N-dealkylation sites (N-methyl/N-ethyl adjacent to an activating group) is 1. The number of benzene rings is 2. The van der Waals surface area contributed by atoms with E-state index in [0.29, 0.717) is 12.3 Å². The van der Waals surface area contributed by atoms with Crippen LogP contribution in [0.25, 0.3) is 0 Å². The van der Waals surface area contributed by atoms with Crippen LogP contribution in [0.1, 0.15) is 5.56 Å². The minimum absolute atomic E-state index is 0.0338. The van der Waals surface area contributed by atoms with E-state index in [2.05, 4.69) is 44.9 Å². The van der Waals surface area contributed by atoms with E-state index in [1.54, 1.807) is 0 Å². The molecule has 0 radical (unpaired) electrons. The summed E-state index contributed by atoms with van der Waals surface area (Å²) in [5.74, 6) is 0.604. The Kier molecular flexibility index (Phi) is 7.52. The van der Waals surface area contributed by atoms with Crippen LogP contribution in [0.2, 0.25) is 0 Å². The number of amides is 1. The molecule has 2 rings (SSSR count). The first-order valence-corrected chi connectivity index (χ1v) is 8.98. The number of carbonyl (C=O) groups excluding carboxylic acids is 1. The van der Waals surface area contributed by atoms with E-state index < -0.39 is 0 Å². The molecular weight excluding hydrogens is 415 g/mol. The summed E-state index contributed by atoms with van der Waals surface area (Å²) >= 11 is 2.23. The summed E-state index contributed by atoms with van der Waals surface area (Å²) in [7, 11) is 4.06. The average Bonchev–Trinajstić information content (AvgIpc) is 2.58. The highest BCUT2D eigenvalue weighted by molar-refractivity contribution is 14.1. The van der Waals surface area contributed by atoms with Gasteiger partial charge < -0.3 is 15.0 Å². The van der Waals surface area contributed by atoms with Crippen LogP contribution < -0.4 is 10.1 Å². The Hall–Kier alpha value is -1.60. The van der Waals surface area contributed by atoms with Crippen LogP contribution in [0.4, 0.5) is 0 Å². The predicted molar refractivity (Wildman–Crippen MR) is 105 cm³/mol. The van der Waals surface area contributed by atoms with Gasteiger partial charge in [0.15, 0.2) is 6.61 Å². The maximum absolute atomic E-state index is 12.0. The first-order chi connectivity index (χ1) is 11.5. The third-order valence-corrected chi connectivity index (χ3v) is 4.48. The Morgan fingerprint density at radius 3 is 2.42 bits per heavy atom. The smallest absolute Gasteiger partial charge is 0.257 e. The van der Waals surface area contributed by atoms with Gasteiger partial charge in [-0.15, -0.1) is 0 Å². The average molecular weight is 438 g/mol. The molecule has 128 valence electrons. The summed E-state index contributed by atoms with van der Waals surface area (Å²) < 4.78 is 6.64. The van der Waals surface area contributed by atoms with Gasteiger partial charge in [0.2, 0.25) is 0 Å². The van der Waals surface area contributed by atoms with Crippen LogP contribution in [-0.2, 0) is 11.2 Å². The van der Waals surface area contributed by atoms with E-state index >= 15 is 0 Å². The fourth-order valence-corrected chi connectivity index (χ4v) is 2.65. The lowest BCUT2D eigenvalue weighted by Crippen LogP contribution is -2.42. The SMILES string of the molecule is CN(C)C(CNC(=O)COc1ccc(I)cc1)Cc1ccccc1. The van der Waals surface area contributed by atoms with Crippen LogP contribution >= 0.6 is 22.6 Å². The van der Waals surface area contributed by atoms with Crippen molar-refractivity contribution in [3.05, 3.63) is 63.7 Å². The van der Waals surface area contributed by atoms with Gasteiger partial charge in [-0.2, -0.15) is 0 Å². The highest BCUT2D eigenvalue weighted by Crippen LogP contribution is 2.13. The van der Waals surface area contributed by atoms with Gasteiger partial charge in [-0.1, -0.05) is 30.3 Å². The molecule has 0 spiro atoms. The molecule has 1 atom stereocenters. The van der Waals surface area contributed by atoms with Gasteiger partial charge in [0.05, 0.1) is 0 Å². The molecule has 0 saturated carbocycles. The monoisotopic (exact) mass is 438 g/mol. The van der Waals surface area contributed by atoms with Crippen molar-refractivity contribution >= 4 is 28.5 Å². The van der Waals surface area contributed by atoms with Gasteiger partial charge in [0, 0.05) is 16.2 Å². The summed E-state index contributed by atoms with van der Waals surface area (Å²) in [6, 6.07) is 18.2. The van der Waals surface area contributed by atoms with E-state index in [9.17, 15) is 4.79 Å². The standard InChI is InChI=1S/C19H23IN2O2/c1-22(2)17(12-15-6-4-3-5-7-15)13-21-19(23)14-24-18-10-8-16(20)9-11-18/h3-11,17H,12-14H2,1-2H3,(H,21,23). The van der Waals surface area contributed by atoms with E-state index in [0.717, 1.165) is 9.99 Å². The molecule has 4 nitrogen and oxygen atoms in total. The van der Waals surface area contributed by atoms with E-state index in [4.69, 9.17) is 4.74 Å². The van der Waals surface area contributed by atoms with Gasteiger partial charge in [0.25, 0.3) is 5.91 Å². The largest absolute Gasteiger partial charge is 0.484 e. The Bertz CT molecular complexity index is 630. The van der Waals surface area contributed by atoms with Gasteiger partial charge >= 0.3 is 0 Å². The Balaban J connectivity index is 1.78. The summed E-state index contributed by atoms with van der Waals surface area (Å²) in [6.45, 7) is 0.628. The fraction of sp³-hybridized carbons (Fsp3) is 0.316. The van der Waals surface area contributed by atoms with Gasteiger partial charge in [-0.3, -0.25) is 4.79 Å². The van der Waals surface area contributed by atoms with Crippen molar-refractivity contribution in [2.75, 3.05) is 27.2 Å². The van der Waals surface area contributed by atoms with Crippen molar-refractivity contribution in [1.82, 2.24) is 10.2 Å². The summed E-state index contributed by atoms with van der Waals surface area (Å²) in [6.07, 6.45) is 0.895. The van der Waals surface area contributed by atoms with E-state index in [-0.39, 0.29) is 18.6 Å². The second-order valence-electron chi connectivity index (χ2n) is 5.85. The van der Waals surface area contributed by atoms with Crippen LogP contribution in [-0.4, -0.2) is 44.1 Å². The second kappa shape index (κ2) is 9.64. The molecule has 5 heteroatoms. The molecule has 2 aromatic rings. The molecule has 24 heavy (non-hydrogen) atoms. The quantitative estimate of drug-likeness (QED) is 0.645. The first kappa shape index (κ1) is 18.7. The number of nitrogens with zero attached hydrogens (tertiary/aromatic N) is 1. The molecule has 0 aromatic heterocycles. The first-order valence-electron chi connectivity index (χ1n) is 7.90. The lowest BCUT2D eigenvalue weighted by atomic mass is 10.1. The molecule has 1 N–H and O–H groups in total. The van der Waals surface area contributed by atoms with Crippen molar-refractivity contribution in [2.45, 2.75) is 12.5 Å². The van der Waals surface area contributed by atoms with E-state index in [1.807, 2.05) is 56.6 Å².